The Morgan fingerprint density at radius 3 is 2.35 bits per heavy atom. The molecule has 0 radical (unpaired) electrons. The van der Waals surface area contributed by atoms with E-state index in [1.807, 2.05) is 0 Å². The van der Waals surface area contributed by atoms with E-state index in [1.54, 1.807) is 6.92 Å². The van der Waals surface area contributed by atoms with Crippen LogP contribution >= 0.6 is 0 Å². The number of carboxylic acid groups (broad SMARTS) is 1. The van der Waals surface area contributed by atoms with Gasteiger partial charge in [-0.3, -0.25) is 9.59 Å². The number of carbonyl (C=O) groups excluding carboxylic acids is 2. The van der Waals surface area contributed by atoms with Gasteiger partial charge in [-0.2, -0.15) is 0 Å². The molecule has 20 heavy (non-hydrogen) atoms. The summed E-state index contributed by atoms with van der Waals surface area (Å²) in [5.41, 5.74) is 4.17. The number of primary amides is 1. The number of carbonyl (C=O) groups is 3. The van der Waals surface area contributed by atoms with Crippen molar-refractivity contribution in [2.45, 2.75) is 51.5 Å². The number of hydrogen-bond acceptors (Lipinski definition) is 3. The first kappa shape index (κ1) is 16.3. The third-order valence-electron chi connectivity index (χ3n) is 3.74. The highest BCUT2D eigenvalue weighted by molar-refractivity contribution is 5.79. The molecule has 114 valence electrons. The second-order valence-corrected chi connectivity index (χ2v) is 5.54. The van der Waals surface area contributed by atoms with Gasteiger partial charge >= 0.3 is 12.0 Å². The van der Waals surface area contributed by atoms with E-state index in [0.29, 0.717) is 12.8 Å². The van der Waals surface area contributed by atoms with Gasteiger partial charge in [0.2, 0.25) is 5.91 Å². The summed E-state index contributed by atoms with van der Waals surface area (Å²) in [5.74, 6) is -1.35. The van der Waals surface area contributed by atoms with Crippen LogP contribution < -0.4 is 16.4 Å². The molecule has 1 atom stereocenters. The Bertz CT molecular complexity index is 378. The van der Waals surface area contributed by atoms with E-state index in [1.165, 1.54) is 0 Å². The van der Waals surface area contributed by atoms with Crippen LogP contribution in [0.5, 0.6) is 0 Å². The van der Waals surface area contributed by atoms with E-state index in [-0.39, 0.29) is 19.0 Å². The molecule has 0 aromatic carbocycles. The highest BCUT2D eigenvalue weighted by Gasteiger charge is 2.39. The standard InChI is InChI=1S/C13H23N3O4/c1-9(7-10(14)17)16-12(20)15-8-13(11(18)19)5-3-2-4-6-13/h9H,2-8H2,1H3,(H2,14,17)(H,18,19)(H2,15,16,20). The van der Waals surface area contributed by atoms with Crippen LogP contribution in [0.15, 0.2) is 0 Å². The fourth-order valence-electron chi connectivity index (χ4n) is 2.57. The second-order valence-electron chi connectivity index (χ2n) is 5.54. The van der Waals surface area contributed by atoms with Crippen molar-refractivity contribution in [3.8, 4) is 0 Å². The van der Waals surface area contributed by atoms with Gasteiger partial charge < -0.3 is 21.5 Å². The summed E-state index contributed by atoms with van der Waals surface area (Å²) in [6.45, 7) is 1.77. The minimum absolute atomic E-state index is 0.0531. The highest BCUT2D eigenvalue weighted by Crippen LogP contribution is 2.35. The van der Waals surface area contributed by atoms with Crippen LogP contribution in [0.4, 0.5) is 4.79 Å². The molecule has 0 aliphatic heterocycles. The van der Waals surface area contributed by atoms with E-state index in [4.69, 9.17) is 5.73 Å². The molecule has 7 heteroatoms. The van der Waals surface area contributed by atoms with Gasteiger partial charge in [0.25, 0.3) is 0 Å². The van der Waals surface area contributed by atoms with Gasteiger partial charge in [-0.25, -0.2) is 4.79 Å². The van der Waals surface area contributed by atoms with E-state index >= 15 is 0 Å². The maximum Gasteiger partial charge on any atom is 0.315 e. The number of rotatable bonds is 6. The van der Waals surface area contributed by atoms with Gasteiger partial charge in [0, 0.05) is 19.0 Å². The van der Waals surface area contributed by atoms with Gasteiger partial charge in [-0.05, 0) is 19.8 Å². The molecule has 0 heterocycles. The summed E-state index contributed by atoms with van der Waals surface area (Å²) in [4.78, 5) is 33.8. The third-order valence-corrected chi connectivity index (χ3v) is 3.74. The number of carboxylic acids is 1. The van der Waals surface area contributed by atoms with Crippen molar-refractivity contribution < 1.29 is 19.5 Å². The predicted molar refractivity (Wildman–Crippen MR) is 73.0 cm³/mol. The predicted octanol–water partition coefficient (Wildman–Crippen LogP) is 0.585. The second kappa shape index (κ2) is 7.12. The quantitative estimate of drug-likeness (QED) is 0.570. The molecule has 0 saturated heterocycles. The molecule has 7 nitrogen and oxygen atoms in total. The number of nitrogens with one attached hydrogen (secondary N) is 2. The first-order chi connectivity index (χ1) is 9.35. The average molecular weight is 285 g/mol. The normalized spacial score (nSPS) is 18.9. The van der Waals surface area contributed by atoms with E-state index < -0.39 is 23.3 Å². The van der Waals surface area contributed by atoms with Crippen LogP contribution in [0.2, 0.25) is 0 Å². The monoisotopic (exact) mass is 285 g/mol. The maximum absolute atomic E-state index is 11.7. The largest absolute Gasteiger partial charge is 0.481 e. The topological polar surface area (TPSA) is 122 Å². The first-order valence-corrected chi connectivity index (χ1v) is 6.92. The number of nitrogens with two attached hydrogens (primary N) is 1. The van der Waals surface area contributed by atoms with E-state index in [0.717, 1.165) is 19.3 Å². The zero-order valence-electron chi connectivity index (χ0n) is 11.8. The number of amides is 3. The Kier molecular flexibility index (Phi) is 5.79. The van der Waals surface area contributed by atoms with Gasteiger partial charge in [0.05, 0.1) is 5.41 Å². The van der Waals surface area contributed by atoms with Gasteiger partial charge in [0.15, 0.2) is 0 Å². The lowest BCUT2D eigenvalue weighted by atomic mass is 9.74. The van der Waals surface area contributed by atoms with Crippen molar-refractivity contribution in [2.75, 3.05) is 6.54 Å². The Morgan fingerprint density at radius 2 is 1.85 bits per heavy atom. The molecule has 0 aromatic heterocycles. The highest BCUT2D eigenvalue weighted by atomic mass is 16.4. The van der Waals surface area contributed by atoms with Crippen molar-refractivity contribution in [3.05, 3.63) is 0 Å². The summed E-state index contributed by atoms with van der Waals surface area (Å²) >= 11 is 0. The van der Waals surface area contributed by atoms with Crippen molar-refractivity contribution >= 4 is 17.9 Å². The average Bonchev–Trinajstić information content (AvgIpc) is 2.36. The molecule has 1 rings (SSSR count). The van der Waals surface area contributed by atoms with Gasteiger partial charge in [-0.15, -0.1) is 0 Å². The lowest BCUT2D eigenvalue weighted by Crippen LogP contribution is -2.49. The van der Waals surface area contributed by atoms with Crippen LogP contribution in [0.1, 0.15) is 45.4 Å². The lowest BCUT2D eigenvalue weighted by Gasteiger charge is -2.33. The molecule has 1 unspecified atom stereocenters. The molecular formula is C13H23N3O4. The lowest BCUT2D eigenvalue weighted by molar-refractivity contribution is -0.150. The van der Waals surface area contributed by atoms with Crippen molar-refractivity contribution in [2.24, 2.45) is 11.1 Å². The molecule has 3 amide bonds. The fourth-order valence-corrected chi connectivity index (χ4v) is 2.57. The van der Waals surface area contributed by atoms with Crippen molar-refractivity contribution in [3.63, 3.8) is 0 Å². The summed E-state index contributed by atoms with van der Waals surface area (Å²) < 4.78 is 0. The van der Waals surface area contributed by atoms with E-state index in [9.17, 15) is 19.5 Å². The minimum Gasteiger partial charge on any atom is -0.481 e. The SMILES string of the molecule is CC(CC(N)=O)NC(=O)NCC1(C(=O)O)CCCCC1. The third kappa shape index (κ3) is 4.71. The molecule has 1 aliphatic carbocycles. The fraction of sp³-hybridized carbons (Fsp3) is 0.769. The first-order valence-electron chi connectivity index (χ1n) is 6.92. The molecular weight excluding hydrogens is 262 g/mol. The van der Waals surface area contributed by atoms with Crippen LogP contribution in [-0.2, 0) is 9.59 Å². The molecule has 1 aliphatic rings. The zero-order valence-corrected chi connectivity index (χ0v) is 11.8. The number of hydrogen-bond donors (Lipinski definition) is 4. The Hall–Kier alpha value is -1.79. The zero-order chi connectivity index (χ0) is 15.2. The summed E-state index contributed by atoms with van der Waals surface area (Å²) in [7, 11) is 0. The minimum atomic E-state index is -0.859. The smallest absolute Gasteiger partial charge is 0.315 e. The molecule has 0 spiro atoms. The van der Waals surface area contributed by atoms with Gasteiger partial charge in [0.1, 0.15) is 0 Å². The van der Waals surface area contributed by atoms with Crippen molar-refractivity contribution in [1.29, 1.82) is 0 Å². The molecule has 0 aromatic rings. The van der Waals surface area contributed by atoms with Crippen molar-refractivity contribution in [1.82, 2.24) is 10.6 Å². The number of urea groups is 1. The molecule has 5 N–H and O–H groups in total. The van der Waals surface area contributed by atoms with Crippen LogP contribution in [0.25, 0.3) is 0 Å². The van der Waals surface area contributed by atoms with Crippen LogP contribution in [-0.4, -0.2) is 35.6 Å². The Balaban J connectivity index is 2.45. The van der Waals surface area contributed by atoms with E-state index in [2.05, 4.69) is 10.6 Å². The summed E-state index contributed by atoms with van der Waals surface area (Å²) in [6, 6.07) is -0.843. The Labute approximate surface area is 118 Å². The summed E-state index contributed by atoms with van der Waals surface area (Å²) in [5, 5.41) is 14.5. The molecule has 1 saturated carbocycles. The van der Waals surface area contributed by atoms with Crippen LogP contribution in [0, 0.1) is 5.41 Å². The Morgan fingerprint density at radius 1 is 1.25 bits per heavy atom. The number of aliphatic carboxylic acids is 1. The molecule has 1 fully saturated rings. The summed E-state index contributed by atoms with van der Waals surface area (Å²) in [6.07, 6.45) is 3.99. The molecule has 0 bridgehead atoms. The maximum atomic E-state index is 11.7. The van der Waals surface area contributed by atoms with Gasteiger partial charge in [-0.1, -0.05) is 19.3 Å². The van der Waals surface area contributed by atoms with Crippen LogP contribution in [0.3, 0.4) is 0 Å².